The summed E-state index contributed by atoms with van der Waals surface area (Å²) in [7, 11) is -3.72. The maximum absolute atomic E-state index is 12.5. The molecule has 8 nitrogen and oxygen atoms in total. The van der Waals surface area contributed by atoms with Crippen LogP contribution in [0.5, 0.6) is 0 Å². The van der Waals surface area contributed by atoms with Crippen LogP contribution < -0.4 is 4.72 Å². The third kappa shape index (κ3) is 2.72. The van der Waals surface area contributed by atoms with Gasteiger partial charge >= 0.3 is 0 Å². The Morgan fingerprint density at radius 2 is 2.00 bits per heavy atom. The van der Waals surface area contributed by atoms with Gasteiger partial charge in [0.1, 0.15) is 11.2 Å². The van der Waals surface area contributed by atoms with Gasteiger partial charge in [-0.05, 0) is 40.0 Å². The highest BCUT2D eigenvalue weighted by atomic mass is 32.2. The van der Waals surface area contributed by atoms with E-state index in [1.807, 2.05) is 20.8 Å². The monoisotopic (exact) mass is 324 g/mol. The van der Waals surface area contributed by atoms with Crippen molar-refractivity contribution in [3.8, 4) is 0 Å². The molecule has 1 fully saturated rings. The summed E-state index contributed by atoms with van der Waals surface area (Å²) in [6.07, 6.45) is 7.54. The number of anilines is 1. The van der Waals surface area contributed by atoms with Crippen molar-refractivity contribution in [1.29, 1.82) is 0 Å². The van der Waals surface area contributed by atoms with Gasteiger partial charge < -0.3 is 0 Å². The van der Waals surface area contributed by atoms with Crippen molar-refractivity contribution in [3.05, 3.63) is 18.7 Å². The first-order valence-corrected chi connectivity index (χ1v) is 8.73. The van der Waals surface area contributed by atoms with Gasteiger partial charge in [-0.2, -0.15) is 15.2 Å². The molecule has 1 saturated carbocycles. The molecule has 9 heteroatoms. The van der Waals surface area contributed by atoms with Crippen LogP contribution in [0.15, 0.2) is 23.6 Å². The summed E-state index contributed by atoms with van der Waals surface area (Å²) in [6.45, 7) is 5.77. The van der Waals surface area contributed by atoms with E-state index in [0.717, 1.165) is 12.8 Å². The average Bonchev–Trinajstić information content (AvgIpc) is 2.94. The Bertz CT molecular complexity index is 767. The van der Waals surface area contributed by atoms with E-state index in [2.05, 4.69) is 19.9 Å². The first-order chi connectivity index (χ1) is 10.3. The fraction of sp³-hybridized carbons (Fsp3) is 0.615. The Morgan fingerprint density at radius 1 is 1.27 bits per heavy atom. The molecule has 2 aromatic heterocycles. The summed E-state index contributed by atoms with van der Waals surface area (Å²) in [5.41, 5.74) is -0.371. The SMILES string of the molecule is CC(C)(C)n1ncnc1NS(=O)(=O)c1cnn(C2CCC2)c1. The maximum atomic E-state index is 12.5. The zero-order valence-electron chi connectivity index (χ0n) is 12.9. The molecule has 22 heavy (non-hydrogen) atoms. The average molecular weight is 324 g/mol. The second-order valence-corrected chi connectivity index (χ2v) is 8.19. The molecule has 0 unspecified atom stereocenters. The lowest BCUT2D eigenvalue weighted by molar-refractivity contribution is 0.289. The van der Waals surface area contributed by atoms with Crippen LogP contribution in [0.3, 0.4) is 0 Å². The van der Waals surface area contributed by atoms with Crippen LogP contribution in [-0.4, -0.2) is 33.0 Å². The molecule has 0 radical (unpaired) electrons. The van der Waals surface area contributed by atoms with Crippen LogP contribution in [0.25, 0.3) is 0 Å². The van der Waals surface area contributed by atoms with Crippen molar-refractivity contribution < 1.29 is 8.42 Å². The minimum Gasteiger partial charge on any atom is -0.268 e. The van der Waals surface area contributed by atoms with Gasteiger partial charge in [-0.3, -0.25) is 4.68 Å². The molecule has 0 aliphatic heterocycles. The summed E-state index contributed by atoms with van der Waals surface area (Å²) in [6, 6.07) is 0.321. The van der Waals surface area contributed by atoms with E-state index in [4.69, 9.17) is 0 Å². The second kappa shape index (κ2) is 5.08. The van der Waals surface area contributed by atoms with Crippen molar-refractivity contribution in [1.82, 2.24) is 24.5 Å². The van der Waals surface area contributed by atoms with E-state index >= 15 is 0 Å². The molecule has 0 bridgehead atoms. The number of rotatable bonds is 4. The topological polar surface area (TPSA) is 94.7 Å². The lowest BCUT2D eigenvalue weighted by Crippen LogP contribution is -2.27. The number of hydrogen-bond acceptors (Lipinski definition) is 5. The normalized spacial score (nSPS) is 16.5. The lowest BCUT2D eigenvalue weighted by atomic mass is 9.93. The molecule has 2 aromatic rings. The standard InChI is InChI=1S/C13H20N6O2S/c1-13(2,3)19-12(14-9-16-19)17-22(20,21)11-7-15-18(8-11)10-5-4-6-10/h7-10H,4-6H2,1-3H3,(H,14,16,17). The first kappa shape index (κ1) is 15.0. The van der Waals surface area contributed by atoms with E-state index in [1.54, 1.807) is 15.6 Å². The molecule has 3 rings (SSSR count). The van der Waals surface area contributed by atoms with Crippen molar-refractivity contribution in [2.75, 3.05) is 4.72 Å². The van der Waals surface area contributed by atoms with E-state index < -0.39 is 10.0 Å². The van der Waals surface area contributed by atoms with E-state index in [0.29, 0.717) is 6.04 Å². The third-order valence-electron chi connectivity index (χ3n) is 3.75. The van der Waals surface area contributed by atoms with Crippen molar-refractivity contribution in [3.63, 3.8) is 0 Å². The molecule has 2 heterocycles. The zero-order valence-corrected chi connectivity index (χ0v) is 13.7. The summed E-state index contributed by atoms with van der Waals surface area (Å²) in [5, 5.41) is 8.24. The zero-order chi connectivity index (χ0) is 16.0. The van der Waals surface area contributed by atoms with E-state index in [9.17, 15) is 8.42 Å². The van der Waals surface area contributed by atoms with E-state index in [1.165, 1.54) is 18.9 Å². The largest absolute Gasteiger partial charge is 0.268 e. The van der Waals surface area contributed by atoms with Crippen LogP contribution in [0.4, 0.5) is 5.95 Å². The van der Waals surface area contributed by atoms with Crippen molar-refractivity contribution in [2.45, 2.75) is 56.5 Å². The number of nitrogens with zero attached hydrogens (tertiary/aromatic N) is 5. The fourth-order valence-corrected chi connectivity index (χ4v) is 3.22. The second-order valence-electron chi connectivity index (χ2n) is 6.51. The molecule has 0 saturated heterocycles. The van der Waals surface area contributed by atoms with Gasteiger partial charge in [0, 0.05) is 6.20 Å². The van der Waals surface area contributed by atoms with Gasteiger partial charge in [-0.1, -0.05) is 0 Å². The summed E-state index contributed by atoms with van der Waals surface area (Å²) < 4.78 is 30.7. The smallest absolute Gasteiger partial charge is 0.267 e. The molecular weight excluding hydrogens is 304 g/mol. The Kier molecular flexibility index (Phi) is 3.47. The number of aromatic nitrogens is 5. The maximum Gasteiger partial charge on any atom is 0.267 e. The molecule has 0 aromatic carbocycles. The summed E-state index contributed by atoms with van der Waals surface area (Å²) >= 11 is 0. The number of nitrogens with one attached hydrogen (secondary N) is 1. The number of hydrogen-bond donors (Lipinski definition) is 1. The molecule has 1 N–H and O–H groups in total. The van der Waals surface area contributed by atoms with Gasteiger partial charge in [0.05, 0.1) is 17.8 Å². The highest BCUT2D eigenvalue weighted by Crippen LogP contribution is 2.31. The molecule has 1 aliphatic rings. The van der Waals surface area contributed by atoms with Crippen molar-refractivity contribution in [2.24, 2.45) is 0 Å². The summed E-state index contributed by atoms with van der Waals surface area (Å²) in [5.74, 6) is 0.198. The van der Waals surface area contributed by atoms with Crippen LogP contribution in [0.1, 0.15) is 46.1 Å². The highest BCUT2D eigenvalue weighted by Gasteiger charge is 2.26. The molecule has 120 valence electrons. The Morgan fingerprint density at radius 3 is 2.59 bits per heavy atom. The highest BCUT2D eigenvalue weighted by molar-refractivity contribution is 7.92. The first-order valence-electron chi connectivity index (χ1n) is 7.25. The van der Waals surface area contributed by atoms with Gasteiger partial charge in [0.2, 0.25) is 5.95 Å². The summed E-state index contributed by atoms with van der Waals surface area (Å²) in [4.78, 5) is 4.14. The molecule has 0 spiro atoms. The minimum atomic E-state index is -3.72. The van der Waals surface area contributed by atoms with Crippen LogP contribution in [-0.2, 0) is 15.6 Å². The molecular formula is C13H20N6O2S. The Hall–Kier alpha value is -1.90. The predicted octanol–water partition coefficient (Wildman–Crippen LogP) is 1.76. The molecule has 0 amide bonds. The molecule has 0 atom stereocenters. The lowest BCUT2D eigenvalue weighted by Gasteiger charge is -2.25. The van der Waals surface area contributed by atoms with Crippen LogP contribution in [0.2, 0.25) is 0 Å². The van der Waals surface area contributed by atoms with Gasteiger partial charge in [-0.25, -0.2) is 17.8 Å². The van der Waals surface area contributed by atoms with Crippen molar-refractivity contribution >= 4 is 16.0 Å². The minimum absolute atomic E-state index is 0.142. The van der Waals surface area contributed by atoms with Crippen LogP contribution in [0, 0.1) is 0 Å². The quantitative estimate of drug-likeness (QED) is 0.924. The van der Waals surface area contributed by atoms with E-state index in [-0.39, 0.29) is 16.4 Å². The fourth-order valence-electron chi connectivity index (χ4n) is 2.29. The van der Waals surface area contributed by atoms with Gasteiger partial charge in [-0.15, -0.1) is 0 Å². The number of sulfonamides is 1. The Labute approximate surface area is 129 Å². The third-order valence-corrected chi connectivity index (χ3v) is 5.03. The van der Waals surface area contributed by atoms with Gasteiger partial charge in [0.25, 0.3) is 10.0 Å². The van der Waals surface area contributed by atoms with Crippen LogP contribution >= 0.6 is 0 Å². The van der Waals surface area contributed by atoms with Gasteiger partial charge in [0.15, 0.2) is 0 Å². The molecule has 1 aliphatic carbocycles. The Balaban J connectivity index is 1.85. The predicted molar refractivity (Wildman–Crippen MR) is 80.9 cm³/mol.